The number of amides is 2. The summed E-state index contributed by atoms with van der Waals surface area (Å²) in [6.45, 7) is 1.26. The van der Waals surface area contributed by atoms with Crippen molar-refractivity contribution in [1.82, 2.24) is 4.90 Å². The van der Waals surface area contributed by atoms with Crippen LogP contribution < -0.4 is 5.32 Å². The van der Waals surface area contributed by atoms with E-state index in [-0.39, 0.29) is 30.1 Å². The zero-order chi connectivity index (χ0) is 20.8. The summed E-state index contributed by atoms with van der Waals surface area (Å²) < 4.78 is 0. The number of nitrogens with zero attached hydrogens (tertiary/aromatic N) is 1. The van der Waals surface area contributed by atoms with Gasteiger partial charge in [0, 0.05) is 25.2 Å². The van der Waals surface area contributed by atoms with Gasteiger partial charge in [0.2, 0.25) is 11.8 Å². The Morgan fingerprint density at radius 2 is 1.40 bits per heavy atom. The average molecular weight is 399 g/mol. The first-order valence-electron chi connectivity index (χ1n) is 10.4. The fraction of sp³-hybridized carbons (Fsp3) is 0.231. The van der Waals surface area contributed by atoms with Gasteiger partial charge in [0.1, 0.15) is 0 Å². The molecule has 4 rings (SSSR count). The molecule has 0 aromatic heterocycles. The normalized spacial score (nSPS) is 18.4. The van der Waals surface area contributed by atoms with Crippen LogP contribution in [0.2, 0.25) is 0 Å². The molecule has 2 amide bonds. The lowest BCUT2D eigenvalue weighted by molar-refractivity contribution is -0.133. The Balaban J connectivity index is 1.49. The number of hydrogen-bond donors (Lipinski definition) is 1. The fourth-order valence-corrected chi connectivity index (χ4v) is 4.19. The van der Waals surface area contributed by atoms with Crippen molar-refractivity contribution >= 4 is 17.5 Å². The summed E-state index contributed by atoms with van der Waals surface area (Å²) in [7, 11) is 0. The maximum Gasteiger partial charge on any atom is 0.226 e. The van der Waals surface area contributed by atoms with Gasteiger partial charge in [-0.2, -0.15) is 0 Å². The third kappa shape index (κ3) is 4.95. The lowest BCUT2D eigenvalue weighted by Gasteiger charge is -2.16. The summed E-state index contributed by atoms with van der Waals surface area (Å²) in [4.78, 5) is 27.8. The van der Waals surface area contributed by atoms with Gasteiger partial charge in [-0.25, -0.2) is 0 Å². The van der Waals surface area contributed by atoms with Crippen LogP contribution in [0.4, 0.5) is 5.69 Å². The summed E-state index contributed by atoms with van der Waals surface area (Å²) >= 11 is 0. The van der Waals surface area contributed by atoms with E-state index in [9.17, 15) is 9.59 Å². The van der Waals surface area contributed by atoms with E-state index in [1.165, 1.54) is 5.56 Å². The van der Waals surface area contributed by atoms with Crippen LogP contribution in [0.1, 0.15) is 17.5 Å². The molecule has 0 saturated carbocycles. The van der Waals surface area contributed by atoms with Gasteiger partial charge >= 0.3 is 0 Å². The van der Waals surface area contributed by atoms with E-state index in [0.717, 1.165) is 17.7 Å². The second-order valence-electron chi connectivity index (χ2n) is 7.88. The molecule has 1 fully saturated rings. The van der Waals surface area contributed by atoms with Gasteiger partial charge < -0.3 is 10.2 Å². The van der Waals surface area contributed by atoms with Crippen molar-refractivity contribution in [2.45, 2.75) is 19.4 Å². The molecule has 30 heavy (non-hydrogen) atoms. The Labute approximate surface area is 177 Å². The van der Waals surface area contributed by atoms with Crippen molar-refractivity contribution in [3.8, 4) is 0 Å². The van der Waals surface area contributed by atoms with E-state index in [0.29, 0.717) is 13.1 Å². The third-order valence-electron chi connectivity index (χ3n) is 5.67. The molecule has 0 aliphatic carbocycles. The number of benzene rings is 3. The van der Waals surface area contributed by atoms with E-state index >= 15 is 0 Å². The number of likely N-dealkylation sites (tertiary alicyclic amines) is 1. The molecular formula is C26H26N2O2. The lowest BCUT2D eigenvalue weighted by Crippen LogP contribution is -2.29. The first kappa shape index (κ1) is 19.9. The van der Waals surface area contributed by atoms with Crippen LogP contribution >= 0.6 is 0 Å². The zero-order valence-electron chi connectivity index (χ0n) is 16.9. The smallest absolute Gasteiger partial charge is 0.226 e. The zero-order valence-corrected chi connectivity index (χ0v) is 16.9. The third-order valence-corrected chi connectivity index (χ3v) is 5.67. The van der Waals surface area contributed by atoms with Crippen molar-refractivity contribution in [2.24, 2.45) is 11.8 Å². The summed E-state index contributed by atoms with van der Waals surface area (Å²) in [6.07, 6.45) is 0.998. The minimum absolute atomic E-state index is 0.0722. The molecule has 1 aliphatic heterocycles. The van der Waals surface area contributed by atoms with Gasteiger partial charge in [-0.3, -0.25) is 9.59 Å². The van der Waals surface area contributed by atoms with Crippen LogP contribution in [0.5, 0.6) is 0 Å². The van der Waals surface area contributed by atoms with Crippen LogP contribution in [0.15, 0.2) is 91.0 Å². The SMILES string of the molecule is O=C(CC1C(=O)N(Cc2ccccc2)CC1Cc1ccccc1)Nc1ccccc1. The van der Waals surface area contributed by atoms with Crippen molar-refractivity contribution in [3.63, 3.8) is 0 Å². The lowest BCUT2D eigenvalue weighted by atomic mass is 9.87. The largest absolute Gasteiger partial charge is 0.338 e. The monoisotopic (exact) mass is 398 g/mol. The molecule has 0 bridgehead atoms. The Hall–Kier alpha value is -3.40. The van der Waals surface area contributed by atoms with Gasteiger partial charge in [0.25, 0.3) is 0 Å². The van der Waals surface area contributed by atoms with E-state index in [1.807, 2.05) is 83.8 Å². The maximum atomic E-state index is 13.2. The van der Waals surface area contributed by atoms with Crippen molar-refractivity contribution in [1.29, 1.82) is 0 Å². The highest BCUT2D eigenvalue weighted by atomic mass is 16.2. The van der Waals surface area contributed by atoms with Gasteiger partial charge in [-0.1, -0.05) is 78.9 Å². The Bertz CT molecular complexity index is 974. The number of hydrogen-bond acceptors (Lipinski definition) is 2. The Morgan fingerprint density at radius 3 is 2.03 bits per heavy atom. The van der Waals surface area contributed by atoms with Gasteiger partial charge in [-0.15, -0.1) is 0 Å². The predicted molar refractivity (Wildman–Crippen MR) is 119 cm³/mol. The van der Waals surface area contributed by atoms with Gasteiger partial charge in [-0.05, 0) is 35.6 Å². The van der Waals surface area contributed by atoms with Crippen molar-refractivity contribution in [2.75, 3.05) is 11.9 Å². The summed E-state index contributed by atoms with van der Waals surface area (Å²) in [5, 5.41) is 2.93. The second kappa shape index (κ2) is 9.40. The number of para-hydroxylation sites is 1. The Kier molecular flexibility index (Phi) is 6.23. The van der Waals surface area contributed by atoms with Gasteiger partial charge in [0.05, 0.1) is 5.92 Å². The highest BCUT2D eigenvalue weighted by Gasteiger charge is 2.41. The molecule has 4 nitrogen and oxygen atoms in total. The van der Waals surface area contributed by atoms with Crippen LogP contribution in [0.3, 0.4) is 0 Å². The standard InChI is InChI=1S/C26H26N2O2/c29-25(27-23-14-8-3-9-15-23)17-24-22(16-20-10-4-1-5-11-20)19-28(26(24)30)18-21-12-6-2-7-13-21/h1-15,22,24H,16-19H2,(H,27,29). The molecule has 2 unspecified atom stereocenters. The predicted octanol–water partition coefficient (Wildman–Crippen LogP) is 4.53. The number of carbonyl (C=O) groups is 2. The molecule has 3 aromatic rings. The highest BCUT2D eigenvalue weighted by molar-refractivity contribution is 5.94. The fourth-order valence-electron chi connectivity index (χ4n) is 4.19. The van der Waals surface area contributed by atoms with E-state index < -0.39 is 0 Å². The number of carbonyl (C=O) groups excluding carboxylic acids is 2. The van der Waals surface area contributed by atoms with Crippen LogP contribution in [-0.2, 0) is 22.6 Å². The minimum atomic E-state index is -0.308. The molecule has 3 aromatic carbocycles. The highest BCUT2D eigenvalue weighted by Crippen LogP contribution is 2.32. The second-order valence-corrected chi connectivity index (χ2v) is 7.88. The number of nitrogens with one attached hydrogen (secondary N) is 1. The molecule has 1 N–H and O–H groups in total. The number of anilines is 1. The first-order chi connectivity index (χ1) is 14.7. The van der Waals surface area contributed by atoms with E-state index in [4.69, 9.17) is 0 Å². The van der Waals surface area contributed by atoms with Crippen LogP contribution in [-0.4, -0.2) is 23.3 Å². The minimum Gasteiger partial charge on any atom is -0.338 e. The molecule has 0 spiro atoms. The molecular weight excluding hydrogens is 372 g/mol. The van der Waals surface area contributed by atoms with Crippen LogP contribution in [0, 0.1) is 11.8 Å². The summed E-state index contributed by atoms with van der Waals surface area (Å²) in [5.41, 5.74) is 3.07. The molecule has 4 heteroatoms. The first-order valence-corrected chi connectivity index (χ1v) is 10.4. The van der Waals surface area contributed by atoms with Crippen molar-refractivity contribution in [3.05, 3.63) is 102 Å². The molecule has 1 saturated heterocycles. The average Bonchev–Trinajstić information content (AvgIpc) is 3.04. The molecule has 1 aliphatic rings. The molecule has 1 heterocycles. The summed E-state index contributed by atoms with van der Waals surface area (Å²) in [6, 6.07) is 29.6. The van der Waals surface area contributed by atoms with Crippen molar-refractivity contribution < 1.29 is 9.59 Å². The van der Waals surface area contributed by atoms with E-state index in [1.54, 1.807) is 0 Å². The molecule has 0 radical (unpaired) electrons. The van der Waals surface area contributed by atoms with Gasteiger partial charge in [0.15, 0.2) is 0 Å². The maximum absolute atomic E-state index is 13.2. The molecule has 152 valence electrons. The quantitative estimate of drug-likeness (QED) is 0.636. The molecule has 2 atom stereocenters. The van der Waals surface area contributed by atoms with Crippen LogP contribution in [0.25, 0.3) is 0 Å². The Morgan fingerprint density at radius 1 is 0.833 bits per heavy atom. The topological polar surface area (TPSA) is 49.4 Å². The van der Waals surface area contributed by atoms with E-state index in [2.05, 4.69) is 17.4 Å². The number of rotatable bonds is 7. The summed E-state index contributed by atoms with van der Waals surface area (Å²) in [5.74, 6) is -0.232.